The van der Waals surface area contributed by atoms with E-state index >= 15 is 0 Å². The molecule has 0 aliphatic rings. The van der Waals surface area contributed by atoms with Crippen molar-refractivity contribution >= 4 is 22.5 Å². The Labute approximate surface area is 141 Å². The minimum Gasteiger partial charge on any atom is -0.483 e. The molecule has 0 spiro atoms. The van der Waals surface area contributed by atoms with Gasteiger partial charge in [0.1, 0.15) is 5.75 Å². The average Bonchev–Trinajstić information content (AvgIpc) is 3.00. The highest BCUT2D eigenvalue weighted by Crippen LogP contribution is 2.27. The standard InChI is InChI=1S/C19H21N3O2/c1-12(2)16-6-4-13(3)8-18(16)24-11-19(23)21-15-5-7-17-14(9-15)10-20-22-17/h4-10,12H,11H2,1-3H3,(H,20,22)(H,21,23). The molecule has 3 rings (SSSR count). The Bertz CT molecular complexity index is 868. The zero-order valence-corrected chi connectivity index (χ0v) is 14.1. The Morgan fingerprint density at radius 1 is 1.25 bits per heavy atom. The lowest BCUT2D eigenvalue weighted by molar-refractivity contribution is -0.118. The summed E-state index contributed by atoms with van der Waals surface area (Å²) in [6.45, 7) is 6.21. The number of amides is 1. The SMILES string of the molecule is Cc1ccc(C(C)C)c(OCC(=O)Nc2ccc3[nH]ncc3c2)c1. The van der Waals surface area contributed by atoms with Crippen LogP contribution in [0, 0.1) is 6.92 Å². The number of benzene rings is 2. The van der Waals surface area contributed by atoms with Crippen LogP contribution in [0.25, 0.3) is 10.9 Å². The number of carbonyl (C=O) groups is 1. The van der Waals surface area contributed by atoms with E-state index in [1.54, 1.807) is 6.20 Å². The summed E-state index contributed by atoms with van der Waals surface area (Å²) < 4.78 is 5.76. The number of aryl methyl sites for hydroxylation is 1. The molecule has 1 heterocycles. The largest absolute Gasteiger partial charge is 0.483 e. The zero-order chi connectivity index (χ0) is 17.1. The summed E-state index contributed by atoms with van der Waals surface area (Å²) >= 11 is 0. The lowest BCUT2D eigenvalue weighted by Crippen LogP contribution is -2.20. The van der Waals surface area contributed by atoms with Crippen LogP contribution in [-0.4, -0.2) is 22.7 Å². The van der Waals surface area contributed by atoms with Gasteiger partial charge >= 0.3 is 0 Å². The highest BCUT2D eigenvalue weighted by atomic mass is 16.5. The number of fused-ring (bicyclic) bond motifs is 1. The molecule has 5 heteroatoms. The maximum absolute atomic E-state index is 12.2. The number of hydrogen-bond acceptors (Lipinski definition) is 3. The first kappa shape index (κ1) is 16.1. The van der Waals surface area contributed by atoms with Crippen LogP contribution in [0.5, 0.6) is 5.75 Å². The molecule has 0 bridgehead atoms. The van der Waals surface area contributed by atoms with E-state index in [1.165, 1.54) is 0 Å². The quantitative estimate of drug-likeness (QED) is 0.745. The second-order valence-corrected chi connectivity index (χ2v) is 6.20. The van der Waals surface area contributed by atoms with Gasteiger partial charge in [-0.25, -0.2) is 0 Å². The monoisotopic (exact) mass is 323 g/mol. The molecule has 0 unspecified atom stereocenters. The molecule has 124 valence electrons. The first-order chi connectivity index (χ1) is 11.5. The van der Waals surface area contributed by atoms with Crippen molar-refractivity contribution in [3.8, 4) is 5.75 Å². The van der Waals surface area contributed by atoms with Crippen molar-refractivity contribution in [2.75, 3.05) is 11.9 Å². The summed E-state index contributed by atoms with van der Waals surface area (Å²) in [4.78, 5) is 12.2. The zero-order valence-electron chi connectivity index (χ0n) is 14.1. The summed E-state index contributed by atoms with van der Waals surface area (Å²) in [5.74, 6) is 0.923. The predicted octanol–water partition coefficient (Wildman–Crippen LogP) is 4.01. The van der Waals surface area contributed by atoms with Gasteiger partial charge in [0, 0.05) is 11.1 Å². The Hall–Kier alpha value is -2.82. The number of carbonyl (C=O) groups excluding carboxylic acids is 1. The molecular weight excluding hydrogens is 302 g/mol. The third-order valence-corrected chi connectivity index (χ3v) is 3.87. The van der Waals surface area contributed by atoms with Crippen molar-refractivity contribution in [3.63, 3.8) is 0 Å². The number of aromatic nitrogens is 2. The fraction of sp³-hybridized carbons (Fsp3) is 0.263. The summed E-state index contributed by atoms with van der Waals surface area (Å²) in [7, 11) is 0. The number of anilines is 1. The average molecular weight is 323 g/mol. The Balaban J connectivity index is 1.66. The van der Waals surface area contributed by atoms with Gasteiger partial charge < -0.3 is 10.1 Å². The first-order valence-corrected chi connectivity index (χ1v) is 7.99. The van der Waals surface area contributed by atoms with Crippen LogP contribution in [0.15, 0.2) is 42.6 Å². The van der Waals surface area contributed by atoms with Crippen molar-refractivity contribution in [3.05, 3.63) is 53.7 Å². The fourth-order valence-electron chi connectivity index (χ4n) is 2.60. The van der Waals surface area contributed by atoms with Gasteiger partial charge in [0.2, 0.25) is 0 Å². The number of nitrogens with one attached hydrogen (secondary N) is 2. The van der Waals surface area contributed by atoms with Gasteiger partial charge in [-0.2, -0.15) is 5.10 Å². The Morgan fingerprint density at radius 2 is 2.08 bits per heavy atom. The summed E-state index contributed by atoms with van der Waals surface area (Å²) in [6, 6.07) is 11.7. The van der Waals surface area contributed by atoms with E-state index < -0.39 is 0 Å². The molecule has 0 fully saturated rings. The van der Waals surface area contributed by atoms with Crippen molar-refractivity contribution in [2.24, 2.45) is 0 Å². The van der Waals surface area contributed by atoms with Gasteiger partial charge in [-0.1, -0.05) is 26.0 Å². The summed E-state index contributed by atoms with van der Waals surface area (Å²) in [5, 5.41) is 10.7. The normalized spacial score (nSPS) is 11.0. The molecular formula is C19H21N3O2. The molecule has 5 nitrogen and oxygen atoms in total. The van der Waals surface area contributed by atoms with E-state index in [0.29, 0.717) is 5.92 Å². The van der Waals surface area contributed by atoms with E-state index in [4.69, 9.17) is 4.74 Å². The van der Waals surface area contributed by atoms with Crippen molar-refractivity contribution < 1.29 is 9.53 Å². The van der Waals surface area contributed by atoms with Crippen LogP contribution >= 0.6 is 0 Å². The molecule has 24 heavy (non-hydrogen) atoms. The topological polar surface area (TPSA) is 67.0 Å². The molecule has 1 amide bonds. The third kappa shape index (κ3) is 3.56. The van der Waals surface area contributed by atoms with Crippen LogP contribution in [0.1, 0.15) is 30.9 Å². The van der Waals surface area contributed by atoms with Crippen LogP contribution in [0.2, 0.25) is 0 Å². The number of ether oxygens (including phenoxy) is 1. The summed E-state index contributed by atoms with van der Waals surface area (Å²) in [6.07, 6.45) is 1.73. The second kappa shape index (κ2) is 6.74. The van der Waals surface area contributed by atoms with Gasteiger partial charge in [0.15, 0.2) is 6.61 Å². The predicted molar refractivity (Wildman–Crippen MR) is 95.5 cm³/mol. The Kier molecular flexibility index (Phi) is 4.51. The number of aromatic amines is 1. The molecule has 1 aromatic heterocycles. The molecule has 0 saturated heterocycles. The first-order valence-electron chi connectivity index (χ1n) is 7.99. The number of nitrogens with zero attached hydrogens (tertiary/aromatic N) is 1. The second-order valence-electron chi connectivity index (χ2n) is 6.20. The highest BCUT2D eigenvalue weighted by Gasteiger charge is 2.10. The molecule has 0 saturated carbocycles. The fourth-order valence-corrected chi connectivity index (χ4v) is 2.60. The van der Waals surface area contributed by atoms with E-state index in [0.717, 1.165) is 33.5 Å². The summed E-state index contributed by atoms with van der Waals surface area (Å²) in [5.41, 5.74) is 3.88. The van der Waals surface area contributed by atoms with Crippen LogP contribution in [0.3, 0.4) is 0 Å². The molecule has 0 radical (unpaired) electrons. The van der Waals surface area contributed by atoms with Gasteiger partial charge in [-0.05, 0) is 48.2 Å². The Morgan fingerprint density at radius 3 is 2.88 bits per heavy atom. The van der Waals surface area contributed by atoms with Gasteiger partial charge in [0.05, 0.1) is 11.7 Å². The smallest absolute Gasteiger partial charge is 0.262 e. The van der Waals surface area contributed by atoms with Crippen molar-refractivity contribution in [1.82, 2.24) is 10.2 Å². The van der Waals surface area contributed by atoms with Crippen LogP contribution < -0.4 is 10.1 Å². The van der Waals surface area contributed by atoms with Gasteiger partial charge in [0.25, 0.3) is 5.91 Å². The van der Waals surface area contributed by atoms with Gasteiger partial charge in [-0.15, -0.1) is 0 Å². The highest BCUT2D eigenvalue weighted by molar-refractivity contribution is 5.94. The van der Waals surface area contributed by atoms with Crippen LogP contribution in [-0.2, 0) is 4.79 Å². The van der Waals surface area contributed by atoms with E-state index in [2.05, 4.69) is 41.5 Å². The minimum absolute atomic E-state index is 0.0212. The van der Waals surface area contributed by atoms with E-state index in [1.807, 2.05) is 31.2 Å². The maximum Gasteiger partial charge on any atom is 0.262 e. The lowest BCUT2D eigenvalue weighted by atomic mass is 10.0. The van der Waals surface area contributed by atoms with E-state index in [9.17, 15) is 4.79 Å². The molecule has 0 aliphatic heterocycles. The number of H-pyrrole nitrogens is 1. The lowest BCUT2D eigenvalue weighted by Gasteiger charge is -2.14. The van der Waals surface area contributed by atoms with Crippen molar-refractivity contribution in [2.45, 2.75) is 26.7 Å². The van der Waals surface area contributed by atoms with Gasteiger partial charge in [-0.3, -0.25) is 9.89 Å². The maximum atomic E-state index is 12.2. The molecule has 3 aromatic rings. The molecule has 2 aromatic carbocycles. The molecule has 2 N–H and O–H groups in total. The number of rotatable bonds is 5. The molecule has 0 aliphatic carbocycles. The third-order valence-electron chi connectivity index (χ3n) is 3.87. The molecule has 0 atom stereocenters. The van der Waals surface area contributed by atoms with Crippen LogP contribution in [0.4, 0.5) is 5.69 Å². The minimum atomic E-state index is -0.186. The number of hydrogen-bond donors (Lipinski definition) is 2. The van der Waals surface area contributed by atoms with Crippen molar-refractivity contribution in [1.29, 1.82) is 0 Å². The van der Waals surface area contributed by atoms with E-state index in [-0.39, 0.29) is 12.5 Å².